The van der Waals surface area contributed by atoms with Crippen LogP contribution in [-0.2, 0) is 0 Å². The third kappa shape index (κ3) is 1.93. The Morgan fingerprint density at radius 1 is 1.25 bits per heavy atom. The summed E-state index contributed by atoms with van der Waals surface area (Å²) < 4.78 is 0. The van der Waals surface area contributed by atoms with Gasteiger partial charge in [0.2, 0.25) is 0 Å². The van der Waals surface area contributed by atoms with Gasteiger partial charge in [0.15, 0.2) is 0 Å². The Balaban J connectivity index is 2.52. The molecule has 2 N–H and O–H groups in total. The molecular formula is C14H18N2. The van der Waals surface area contributed by atoms with Gasteiger partial charge in [-0.1, -0.05) is 44.5 Å². The lowest BCUT2D eigenvalue weighted by Gasteiger charge is -2.19. The first kappa shape index (κ1) is 11.1. The van der Waals surface area contributed by atoms with Crippen LogP contribution in [0.25, 0.3) is 10.9 Å². The van der Waals surface area contributed by atoms with Crippen molar-refractivity contribution in [2.24, 2.45) is 11.7 Å². The van der Waals surface area contributed by atoms with Crippen LogP contribution in [-0.4, -0.2) is 4.98 Å². The summed E-state index contributed by atoms with van der Waals surface area (Å²) in [7, 11) is 0. The van der Waals surface area contributed by atoms with E-state index in [1.54, 1.807) is 0 Å². The van der Waals surface area contributed by atoms with Gasteiger partial charge in [-0.05, 0) is 17.5 Å². The van der Waals surface area contributed by atoms with Crippen molar-refractivity contribution in [3.05, 3.63) is 42.1 Å². The van der Waals surface area contributed by atoms with Gasteiger partial charge in [-0.2, -0.15) is 0 Å². The molecule has 0 radical (unpaired) electrons. The quantitative estimate of drug-likeness (QED) is 0.851. The normalized spacial score (nSPS) is 14.9. The Hall–Kier alpha value is -1.41. The van der Waals surface area contributed by atoms with Gasteiger partial charge < -0.3 is 5.73 Å². The van der Waals surface area contributed by atoms with Crippen molar-refractivity contribution < 1.29 is 0 Å². The summed E-state index contributed by atoms with van der Waals surface area (Å²) in [6.45, 7) is 4.36. The lowest BCUT2D eigenvalue weighted by molar-refractivity contribution is 0.459. The molecule has 0 aliphatic rings. The fourth-order valence-electron chi connectivity index (χ4n) is 1.96. The number of hydrogen-bond acceptors (Lipinski definition) is 2. The number of rotatable bonds is 3. The van der Waals surface area contributed by atoms with Gasteiger partial charge in [0, 0.05) is 17.6 Å². The molecule has 1 heterocycles. The van der Waals surface area contributed by atoms with Crippen LogP contribution in [0.15, 0.2) is 36.5 Å². The third-order valence-corrected chi connectivity index (χ3v) is 3.28. The number of hydrogen-bond donors (Lipinski definition) is 1. The summed E-state index contributed by atoms with van der Waals surface area (Å²) in [5, 5.41) is 1.17. The van der Waals surface area contributed by atoms with Gasteiger partial charge in [-0.15, -0.1) is 0 Å². The number of nitrogens with zero attached hydrogens (tertiary/aromatic N) is 1. The van der Waals surface area contributed by atoms with Gasteiger partial charge in [-0.25, -0.2) is 0 Å². The maximum Gasteiger partial charge on any atom is 0.0749 e. The van der Waals surface area contributed by atoms with E-state index in [2.05, 4.69) is 43.1 Å². The second-order valence-electron chi connectivity index (χ2n) is 4.33. The molecule has 0 aliphatic carbocycles. The van der Waals surface area contributed by atoms with Crippen LogP contribution in [0.4, 0.5) is 0 Å². The Kier molecular flexibility index (Phi) is 3.20. The van der Waals surface area contributed by atoms with Crippen LogP contribution >= 0.6 is 0 Å². The molecule has 2 aromatic rings. The fraction of sp³-hybridized carbons (Fsp3) is 0.357. The predicted octanol–water partition coefficient (Wildman–Crippen LogP) is 3.28. The number of fused-ring (bicyclic) bond motifs is 1. The minimum Gasteiger partial charge on any atom is -0.324 e. The van der Waals surface area contributed by atoms with E-state index in [0.29, 0.717) is 5.92 Å². The molecule has 0 saturated carbocycles. The maximum absolute atomic E-state index is 6.28. The molecule has 1 aromatic carbocycles. The van der Waals surface area contributed by atoms with E-state index in [9.17, 15) is 0 Å². The summed E-state index contributed by atoms with van der Waals surface area (Å²) in [5.74, 6) is 0.479. The molecule has 0 bridgehead atoms. The second-order valence-corrected chi connectivity index (χ2v) is 4.33. The first-order chi connectivity index (χ1) is 7.74. The maximum atomic E-state index is 6.28. The molecule has 2 nitrogen and oxygen atoms in total. The lowest BCUT2D eigenvalue weighted by Crippen LogP contribution is -2.19. The highest BCUT2D eigenvalue weighted by molar-refractivity contribution is 5.81. The number of aromatic nitrogens is 1. The molecule has 2 rings (SSSR count). The SMILES string of the molecule is CCC(C)C(N)c1cccc2cccnc12. The first-order valence-corrected chi connectivity index (χ1v) is 5.83. The standard InChI is InChI=1S/C14H18N2/c1-3-10(2)13(15)12-8-4-6-11-7-5-9-16-14(11)12/h4-10,13H,3,15H2,1-2H3. The zero-order valence-corrected chi connectivity index (χ0v) is 9.85. The van der Waals surface area contributed by atoms with Crippen molar-refractivity contribution in [2.45, 2.75) is 26.3 Å². The number of pyridine rings is 1. The van der Waals surface area contributed by atoms with E-state index < -0.39 is 0 Å². The van der Waals surface area contributed by atoms with Crippen LogP contribution < -0.4 is 5.73 Å². The largest absolute Gasteiger partial charge is 0.324 e. The van der Waals surface area contributed by atoms with Gasteiger partial charge >= 0.3 is 0 Å². The monoisotopic (exact) mass is 214 g/mol. The molecule has 84 valence electrons. The molecule has 0 amide bonds. The minimum absolute atomic E-state index is 0.0728. The van der Waals surface area contributed by atoms with E-state index in [0.717, 1.165) is 17.5 Å². The summed E-state index contributed by atoms with van der Waals surface area (Å²) >= 11 is 0. The van der Waals surface area contributed by atoms with Crippen molar-refractivity contribution >= 4 is 10.9 Å². The van der Waals surface area contributed by atoms with Gasteiger partial charge in [0.05, 0.1) is 5.52 Å². The molecule has 0 saturated heterocycles. The zero-order valence-electron chi connectivity index (χ0n) is 9.85. The second kappa shape index (κ2) is 4.62. The highest BCUT2D eigenvalue weighted by atomic mass is 14.7. The van der Waals surface area contributed by atoms with E-state index in [1.165, 1.54) is 5.39 Å². The Morgan fingerprint density at radius 2 is 2.00 bits per heavy atom. The molecule has 0 fully saturated rings. The molecule has 0 spiro atoms. The van der Waals surface area contributed by atoms with Crippen LogP contribution in [0.2, 0.25) is 0 Å². The third-order valence-electron chi connectivity index (χ3n) is 3.28. The van der Waals surface area contributed by atoms with Crippen LogP contribution in [0.3, 0.4) is 0 Å². The molecular weight excluding hydrogens is 196 g/mol. The number of benzene rings is 1. The molecule has 2 heteroatoms. The van der Waals surface area contributed by atoms with Crippen molar-refractivity contribution in [3.63, 3.8) is 0 Å². The van der Waals surface area contributed by atoms with Gasteiger partial charge in [-0.3, -0.25) is 4.98 Å². The molecule has 1 aromatic heterocycles. The number of nitrogens with two attached hydrogens (primary N) is 1. The molecule has 2 unspecified atom stereocenters. The summed E-state index contributed by atoms with van der Waals surface area (Å²) in [4.78, 5) is 4.44. The average Bonchev–Trinajstić information content (AvgIpc) is 2.36. The van der Waals surface area contributed by atoms with Crippen molar-refractivity contribution in [1.29, 1.82) is 0 Å². The van der Waals surface area contributed by atoms with Crippen LogP contribution in [0.1, 0.15) is 31.9 Å². The Morgan fingerprint density at radius 3 is 2.75 bits per heavy atom. The first-order valence-electron chi connectivity index (χ1n) is 5.83. The Labute approximate surface area is 96.5 Å². The highest BCUT2D eigenvalue weighted by Crippen LogP contribution is 2.27. The smallest absolute Gasteiger partial charge is 0.0749 e. The van der Waals surface area contributed by atoms with Crippen molar-refractivity contribution in [3.8, 4) is 0 Å². The van der Waals surface area contributed by atoms with E-state index in [-0.39, 0.29) is 6.04 Å². The van der Waals surface area contributed by atoms with E-state index in [4.69, 9.17) is 5.73 Å². The highest BCUT2D eigenvalue weighted by Gasteiger charge is 2.15. The summed E-state index contributed by atoms with van der Waals surface area (Å²) in [6, 6.07) is 10.3. The molecule has 0 aliphatic heterocycles. The fourth-order valence-corrected chi connectivity index (χ4v) is 1.96. The summed E-state index contributed by atoms with van der Waals surface area (Å²) in [6.07, 6.45) is 2.92. The predicted molar refractivity (Wildman–Crippen MR) is 68.1 cm³/mol. The zero-order chi connectivity index (χ0) is 11.5. The minimum atomic E-state index is 0.0728. The lowest BCUT2D eigenvalue weighted by atomic mass is 9.92. The van der Waals surface area contributed by atoms with Gasteiger partial charge in [0.25, 0.3) is 0 Å². The van der Waals surface area contributed by atoms with Crippen LogP contribution in [0, 0.1) is 5.92 Å². The van der Waals surface area contributed by atoms with E-state index in [1.807, 2.05) is 12.3 Å². The number of para-hydroxylation sites is 1. The average molecular weight is 214 g/mol. The summed E-state index contributed by atoms with van der Waals surface area (Å²) in [5.41, 5.74) is 8.47. The van der Waals surface area contributed by atoms with Crippen molar-refractivity contribution in [1.82, 2.24) is 4.98 Å². The Bertz CT molecular complexity index is 474. The van der Waals surface area contributed by atoms with Gasteiger partial charge in [0.1, 0.15) is 0 Å². The van der Waals surface area contributed by atoms with E-state index >= 15 is 0 Å². The van der Waals surface area contributed by atoms with Crippen LogP contribution in [0.5, 0.6) is 0 Å². The van der Waals surface area contributed by atoms with Crippen molar-refractivity contribution in [2.75, 3.05) is 0 Å². The molecule has 16 heavy (non-hydrogen) atoms. The topological polar surface area (TPSA) is 38.9 Å². The molecule has 2 atom stereocenters.